The normalized spacial score (nSPS) is 10.5. The Morgan fingerprint density at radius 1 is 1.25 bits per heavy atom. The van der Waals surface area contributed by atoms with Crippen molar-refractivity contribution in [3.05, 3.63) is 56.9 Å². The maximum absolute atomic E-state index is 11.7. The van der Waals surface area contributed by atoms with Gasteiger partial charge in [0.15, 0.2) is 5.78 Å². The molecule has 0 aliphatic rings. The summed E-state index contributed by atoms with van der Waals surface area (Å²) in [6.07, 6.45) is 0. The van der Waals surface area contributed by atoms with Gasteiger partial charge in [-0.1, -0.05) is 12.1 Å². The predicted molar refractivity (Wildman–Crippen MR) is 84.9 cm³/mol. The molecular formula is C16H17N3O5. The molecule has 0 fully saturated rings. The summed E-state index contributed by atoms with van der Waals surface area (Å²) in [6, 6.07) is 6.59. The number of aromatic nitrogens is 2. The largest absolute Gasteiger partial charge is 0.454 e. The Morgan fingerprint density at radius 3 is 2.38 bits per heavy atom. The van der Waals surface area contributed by atoms with E-state index in [1.807, 2.05) is 0 Å². The first-order valence-corrected chi connectivity index (χ1v) is 7.23. The fourth-order valence-electron chi connectivity index (χ4n) is 2.28. The second-order valence-electron chi connectivity index (χ2n) is 5.41. The van der Waals surface area contributed by atoms with Gasteiger partial charge in [0.1, 0.15) is 18.0 Å². The molecule has 0 radical (unpaired) electrons. The molecule has 0 atom stereocenters. The van der Waals surface area contributed by atoms with E-state index < -0.39 is 10.9 Å². The molecule has 8 nitrogen and oxygen atoms in total. The van der Waals surface area contributed by atoms with Gasteiger partial charge in [-0.3, -0.25) is 19.6 Å². The number of hydrogen-bond acceptors (Lipinski definition) is 6. The second-order valence-corrected chi connectivity index (χ2v) is 5.41. The van der Waals surface area contributed by atoms with Gasteiger partial charge in [-0.25, -0.2) is 4.79 Å². The fraction of sp³-hybridized carbons (Fsp3) is 0.312. The molecule has 0 spiro atoms. The van der Waals surface area contributed by atoms with Crippen LogP contribution in [0.15, 0.2) is 24.3 Å². The highest BCUT2D eigenvalue weighted by atomic mass is 16.6. The number of ketones is 1. The van der Waals surface area contributed by atoms with Gasteiger partial charge in [0, 0.05) is 0 Å². The molecule has 0 aliphatic heterocycles. The molecule has 0 bridgehead atoms. The highest BCUT2D eigenvalue weighted by Gasteiger charge is 2.21. The van der Waals surface area contributed by atoms with Gasteiger partial charge in [-0.05, 0) is 38.5 Å². The van der Waals surface area contributed by atoms with Crippen molar-refractivity contribution in [2.75, 3.05) is 6.61 Å². The Hall–Kier alpha value is -3.03. The molecular weight excluding hydrogens is 314 g/mol. The lowest BCUT2D eigenvalue weighted by molar-refractivity contribution is -0.386. The smallest absolute Gasteiger partial charge is 0.338 e. The number of hydrogen-bond donors (Lipinski definition) is 0. The number of nitrogens with zero attached hydrogens (tertiary/aromatic N) is 3. The molecule has 0 amide bonds. The van der Waals surface area contributed by atoms with Gasteiger partial charge in [0.25, 0.3) is 0 Å². The van der Waals surface area contributed by atoms with Crippen LogP contribution in [0.1, 0.15) is 34.2 Å². The van der Waals surface area contributed by atoms with Crippen LogP contribution in [0.2, 0.25) is 0 Å². The van der Waals surface area contributed by atoms with Crippen LogP contribution >= 0.6 is 0 Å². The molecule has 0 N–H and O–H groups in total. The third kappa shape index (κ3) is 3.83. The Labute approximate surface area is 138 Å². The lowest BCUT2D eigenvalue weighted by atomic mass is 10.1. The third-order valence-corrected chi connectivity index (χ3v) is 3.45. The van der Waals surface area contributed by atoms with Gasteiger partial charge in [-0.15, -0.1) is 0 Å². The number of Topliss-reactive ketones (excluding diaryl/α,β-unsaturated/α-hetero) is 1. The Kier molecular flexibility index (Phi) is 5.08. The number of ether oxygens (including phenoxy) is 1. The summed E-state index contributed by atoms with van der Waals surface area (Å²) >= 11 is 0. The first kappa shape index (κ1) is 17.3. The van der Waals surface area contributed by atoms with Crippen molar-refractivity contribution in [1.82, 2.24) is 9.78 Å². The molecule has 2 aromatic rings. The van der Waals surface area contributed by atoms with E-state index in [4.69, 9.17) is 4.74 Å². The topological polar surface area (TPSA) is 104 Å². The molecule has 1 heterocycles. The summed E-state index contributed by atoms with van der Waals surface area (Å²) in [5.41, 5.74) is 2.02. The summed E-state index contributed by atoms with van der Waals surface area (Å²) in [6.45, 7) is 4.67. The lowest BCUT2D eigenvalue weighted by Crippen LogP contribution is -2.11. The maximum atomic E-state index is 11.7. The third-order valence-electron chi connectivity index (χ3n) is 3.45. The summed E-state index contributed by atoms with van der Waals surface area (Å²) in [5.74, 6) is -0.801. The first-order chi connectivity index (χ1) is 11.3. The first-order valence-electron chi connectivity index (χ1n) is 7.23. The van der Waals surface area contributed by atoms with Crippen LogP contribution in [-0.4, -0.2) is 33.1 Å². The van der Waals surface area contributed by atoms with E-state index in [0.29, 0.717) is 23.5 Å². The number of carbonyl (C=O) groups is 2. The number of benzene rings is 1. The number of esters is 1. The molecule has 2 rings (SSSR count). The molecule has 24 heavy (non-hydrogen) atoms. The van der Waals surface area contributed by atoms with Crippen LogP contribution < -0.4 is 0 Å². The van der Waals surface area contributed by atoms with Crippen molar-refractivity contribution in [2.45, 2.75) is 27.3 Å². The molecule has 0 aliphatic carbocycles. The van der Waals surface area contributed by atoms with E-state index in [9.17, 15) is 19.7 Å². The highest BCUT2D eigenvalue weighted by Crippen LogP contribution is 2.22. The molecule has 8 heteroatoms. The predicted octanol–water partition coefficient (Wildman–Crippen LogP) is 2.20. The van der Waals surface area contributed by atoms with Crippen LogP contribution in [0.3, 0.4) is 0 Å². The van der Waals surface area contributed by atoms with Crippen LogP contribution in [0.25, 0.3) is 0 Å². The van der Waals surface area contributed by atoms with Gasteiger partial charge in [-0.2, -0.15) is 5.10 Å². The average molecular weight is 331 g/mol. The fourth-order valence-corrected chi connectivity index (χ4v) is 2.28. The number of nitro groups is 1. The number of carbonyl (C=O) groups excluding carboxylic acids is 2. The van der Waals surface area contributed by atoms with Crippen molar-refractivity contribution < 1.29 is 19.2 Å². The summed E-state index contributed by atoms with van der Waals surface area (Å²) in [7, 11) is 0. The summed E-state index contributed by atoms with van der Waals surface area (Å²) in [4.78, 5) is 33.1. The minimum absolute atomic E-state index is 0.0134. The van der Waals surface area contributed by atoms with Gasteiger partial charge < -0.3 is 4.74 Å². The van der Waals surface area contributed by atoms with Crippen molar-refractivity contribution >= 4 is 17.4 Å². The zero-order valence-corrected chi connectivity index (χ0v) is 13.6. The van der Waals surface area contributed by atoms with E-state index in [-0.39, 0.29) is 18.1 Å². The van der Waals surface area contributed by atoms with Crippen molar-refractivity contribution in [3.8, 4) is 0 Å². The van der Waals surface area contributed by atoms with Crippen molar-refractivity contribution in [1.29, 1.82) is 0 Å². The quantitative estimate of drug-likeness (QED) is 0.456. The van der Waals surface area contributed by atoms with Gasteiger partial charge in [0.2, 0.25) is 0 Å². The zero-order valence-electron chi connectivity index (χ0n) is 13.6. The second kappa shape index (κ2) is 7.03. The Balaban J connectivity index is 2.12. The number of aryl methyl sites for hydroxylation is 1. The van der Waals surface area contributed by atoms with E-state index in [2.05, 4.69) is 5.10 Å². The number of rotatable bonds is 6. The molecule has 0 saturated heterocycles. The van der Waals surface area contributed by atoms with E-state index >= 15 is 0 Å². The molecule has 1 aromatic carbocycles. The minimum Gasteiger partial charge on any atom is -0.454 e. The average Bonchev–Trinajstić information content (AvgIpc) is 2.79. The van der Waals surface area contributed by atoms with E-state index in [0.717, 1.165) is 5.56 Å². The van der Waals surface area contributed by atoms with Gasteiger partial charge >= 0.3 is 11.7 Å². The van der Waals surface area contributed by atoms with Crippen LogP contribution in [0.5, 0.6) is 0 Å². The standard InChI is InChI=1S/C16H17N3O5/c1-10(20)9-24-16(21)14-6-4-13(5-7-14)8-18-12(3)15(19(22)23)11(2)17-18/h4-7H,8-9H2,1-3H3. The lowest BCUT2D eigenvalue weighted by Gasteiger charge is -2.06. The van der Waals surface area contributed by atoms with E-state index in [1.165, 1.54) is 6.92 Å². The summed E-state index contributed by atoms with van der Waals surface area (Å²) in [5, 5.41) is 15.2. The Bertz CT molecular complexity index is 793. The van der Waals surface area contributed by atoms with Crippen LogP contribution in [0, 0.1) is 24.0 Å². The highest BCUT2D eigenvalue weighted by molar-refractivity contribution is 5.91. The SMILES string of the molecule is CC(=O)COC(=O)c1ccc(Cn2nc(C)c([N+](=O)[O-])c2C)cc1. The van der Waals surface area contributed by atoms with Crippen LogP contribution in [-0.2, 0) is 16.1 Å². The minimum atomic E-state index is -0.571. The van der Waals surface area contributed by atoms with E-state index in [1.54, 1.807) is 42.8 Å². The Morgan fingerprint density at radius 2 is 1.88 bits per heavy atom. The zero-order chi connectivity index (χ0) is 17.9. The maximum Gasteiger partial charge on any atom is 0.338 e. The molecule has 126 valence electrons. The monoisotopic (exact) mass is 331 g/mol. The van der Waals surface area contributed by atoms with Crippen molar-refractivity contribution in [2.24, 2.45) is 0 Å². The molecule has 0 unspecified atom stereocenters. The molecule has 0 saturated carbocycles. The summed E-state index contributed by atoms with van der Waals surface area (Å²) < 4.78 is 6.38. The van der Waals surface area contributed by atoms with Crippen LogP contribution in [0.4, 0.5) is 5.69 Å². The molecule has 1 aromatic heterocycles. The van der Waals surface area contributed by atoms with Gasteiger partial charge in [0.05, 0.1) is 17.0 Å². The van der Waals surface area contributed by atoms with Crippen molar-refractivity contribution in [3.63, 3.8) is 0 Å².